The zero-order chi connectivity index (χ0) is 16.5. The summed E-state index contributed by atoms with van der Waals surface area (Å²) in [6.07, 6.45) is 0.416. The zero-order valence-electron chi connectivity index (χ0n) is 13.1. The first kappa shape index (κ1) is 17.5. The lowest BCUT2D eigenvalue weighted by molar-refractivity contribution is -0.115. The lowest BCUT2D eigenvalue weighted by Gasteiger charge is -2.08. The Bertz CT molecular complexity index is 631. The van der Waals surface area contributed by atoms with Gasteiger partial charge < -0.3 is 10.6 Å². The number of anilines is 1. The van der Waals surface area contributed by atoms with Gasteiger partial charge in [0, 0.05) is 29.3 Å². The summed E-state index contributed by atoms with van der Waals surface area (Å²) in [6, 6.07) is 14.1. The van der Waals surface area contributed by atoms with Crippen LogP contribution in [0.25, 0.3) is 0 Å². The van der Waals surface area contributed by atoms with Gasteiger partial charge in [0.1, 0.15) is 5.82 Å². The van der Waals surface area contributed by atoms with Gasteiger partial charge in [-0.05, 0) is 48.5 Å². The van der Waals surface area contributed by atoms with E-state index in [0.29, 0.717) is 12.2 Å². The highest BCUT2D eigenvalue weighted by molar-refractivity contribution is 7.99. The van der Waals surface area contributed by atoms with Gasteiger partial charge in [0.25, 0.3) is 0 Å². The number of hydrogen-bond acceptors (Lipinski definition) is 3. The maximum absolute atomic E-state index is 12.8. The molecule has 0 saturated carbocycles. The van der Waals surface area contributed by atoms with Gasteiger partial charge in [-0.2, -0.15) is 0 Å². The number of benzene rings is 2. The standard InChI is InChI=1S/C18H21FN2OS/c1-2-20-13-14-4-3-5-16(12-14)21-18(22)10-11-23-17-8-6-15(19)7-9-17/h3-9,12,20H,2,10-11,13H2,1H3,(H,21,22). The molecule has 5 heteroatoms. The molecule has 0 aliphatic carbocycles. The fourth-order valence-corrected chi connectivity index (χ4v) is 2.90. The first-order chi connectivity index (χ1) is 11.2. The van der Waals surface area contributed by atoms with Crippen molar-refractivity contribution in [1.29, 1.82) is 0 Å². The summed E-state index contributed by atoms with van der Waals surface area (Å²) < 4.78 is 12.8. The second-order valence-corrected chi connectivity index (χ2v) is 6.25. The molecule has 0 fully saturated rings. The van der Waals surface area contributed by atoms with Crippen LogP contribution in [0.1, 0.15) is 18.9 Å². The first-order valence-corrected chi connectivity index (χ1v) is 8.64. The van der Waals surface area contributed by atoms with Gasteiger partial charge in [-0.3, -0.25) is 4.79 Å². The topological polar surface area (TPSA) is 41.1 Å². The summed E-state index contributed by atoms with van der Waals surface area (Å²) in [6.45, 7) is 3.77. The van der Waals surface area contributed by atoms with Crippen molar-refractivity contribution in [2.75, 3.05) is 17.6 Å². The van der Waals surface area contributed by atoms with Crippen molar-refractivity contribution in [3.63, 3.8) is 0 Å². The highest BCUT2D eigenvalue weighted by atomic mass is 32.2. The second-order valence-electron chi connectivity index (χ2n) is 5.08. The van der Waals surface area contributed by atoms with Gasteiger partial charge in [-0.15, -0.1) is 11.8 Å². The fourth-order valence-electron chi connectivity index (χ4n) is 2.04. The minimum atomic E-state index is -0.246. The van der Waals surface area contributed by atoms with Crippen LogP contribution in [0.2, 0.25) is 0 Å². The van der Waals surface area contributed by atoms with E-state index >= 15 is 0 Å². The molecule has 0 aromatic heterocycles. The third-order valence-electron chi connectivity index (χ3n) is 3.20. The van der Waals surface area contributed by atoms with Gasteiger partial charge in [-0.1, -0.05) is 19.1 Å². The van der Waals surface area contributed by atoms with Crippen molar-refractivity contribution in [1.82, 2.24) is 5.32 Å². The van der Waals surface area contributed by atoms with Crippen LogP contribution < -0.4 is 10.6 Å². The summed E-state index contributed by atoms with van der Waals surface area (Å²) in [4.78, 5) is 12.9. The van der Waals surface area contributed by atoms with Crippen LogP contribution in [-0.4, -0.2) is 18.2 Å². The molecule has 0 heterocycles. The van der Waals surface area contributed by atoms with E-state index in [1.807, 2.05) is 24.3 Å². The molecule has 122 valence electrons. The smallest absolute Gasteiger partial charge is 0.225 e. The van der Waals surface area contributed by atoms with Crippen LogP contribution in [0.4, 0.5) is 10.1 Å². The third-order valence-corrected chi connectivity index (χ3v) is 4.22. The predicted octanol–water partition coefficient (Wildman–Crippen LogP) is 4.06. The van der Waals surface area contributed by atoms with E-state index in [1.54, 1.807) is 23.9 Å². The molecule has 2 N–H and O–H groups in total. The van der Waals surface area contributed by atoms with Crippen molar-refractivity contribution in [2.24, 2.45) is 0 Å². The normalized spacial score (nSPS) is 10.5. The van der Waals surface area contributed by atoms with E-state index in [4.69, 9.17) is 0 Å². The molecule has 0 bridgehead atoms. The summed E-state index contributed by atoms with van der Waals surface area (Å²) in [5, 5.41) is 6.17. The Morgan fingerprint density at radius 2 is 1.96 bits per heavy atom. The minimum Gasteiger partial charge on any atom is -0.326 e. The number of hydrogen-bond donors (Lipinski definition) is 2. The molecule has 2 rings (SSSR count). The molecule has 0 saturated heterocycles. The number of nitrogens with one attached hydrogen (secondary N) is 2. The molecule has 0 radical (unpaired) electrons. The van der Waals surface area contributed by atoms with E-state index in [1.165, 1.54) is 12.1 Å². The lowest BCUT2D eigenvalue weighted by atomic mass is 10.2. The Morgan fingerprint density at radius 1 is 1.17 bits per heavy atom. The van der Waals surface area contributed by atoms with Gasteiger partial charge >= 0.3 is 0 Å². The van der Waals surface area contributed by atoms with Gasteiger partial charge in [0.05, 0.1) is 0 Å². The van der Waals surface area contributed by atoms with Crippen molar-refractivity contribution in [2.45, 2.75) is 24.8 Å². The molecular formula is C18H21FN2OS. The van der Waals surface area contributed by atoms with Gasteiger partial charge in [-0.25, -0.2) is 4.39 Å². The number of thioether (sulfide) groups is 1. The highest BCUT2D eigenvalue weighted by Gasteiger charge is 2.04. The number of amides is 1. The van der Waals surface area contributed by atoms with Crippen LogP contribution in [0.15, 0.2) is 53.4 Å². The Morgan fingerprint density at radius 3 is 2.70 bits per heavy atom. The van der Waals surface area contributed by atoms with E-state index in [-0.39, 0.29) is 11.7 Å². The monoisotopic (exact) mass is 332 g/mol. The largest absolute Gasteiger partial charge is 0.326 e. The van der Waals surface area contributed by atoms with Crippen LogP contribution >= 0.6 is 11.8 Å². The molecule has 0 unspecified atom stereocenters. The minimum absolute atomic E-state index is 0.0137. The number of halogens is 1. The number of rotatable bonds is 8. The lowest BCUT2D eigenvalue weighted by Crippen LogP contribution is -2.14. The van der Waals surface area contributed by atoms with Gasteiger partial charge in [0.15, 0.2) is 0 Å². The summed E-state index contributed by atoms with van der Waals surface area (Å²) >= 11 is 1.54. The molecule has 0 spiro atoms. The summed E-state index contributed by atoms with van der Waals surface area (Å²) in [7, 11) is 0. The quantitative estimate of drug-likeness (QED) is 0.716. The highest BCUT2D eigenvalue weighted by Crippen LogP contribution is 2.19. The molecule has 0 aliphatic rings. The number of carbonyl (C=O) groups is 1. The molecule has 0 aliphatic heterocycles. The van der Waals surface area contributed by atoms with Crippen LogP contribution in [0.3, 0.4) is 0 Å². The van der Waals surface area contributed by atoms with E-state index in [0.717, 1.165) is 29.2 Å². The van der Waals surface area contributed by atoms with Crippen molar-refractivity contribution < 1.29 is 9.18 Å². The SMILES string of the molecule is CCNCc1cccc(NC(=O)CCSc2ccc(F)cc2)c1. The van der Waals surface area contributed by atoms with Crippen molar-refractivity contribution >= 4 is 23.4 Å². The first-order valence-electron chi connectivity index (χ1n) is 7.65. The molecule has 2 aromatic carbocycles. The van der Waals surface area contributed by atoms with E-state index < -0.39 is 0 Å². The zero-order valence-corrected chi connectivity index (χ0v) is 14.0. The Kier molecular flexibility index (Phi) is 7.10. The Hall–Kier alpha value is -1.85. The second kappa shape index (κ2) is 9.33. The maximum atomic E-state index is 12.8. The van der Waals surface area contributed by atoms with Crippen LogP contribution in [-0.2, 0) is 11.3 Å². The van der Waals surface area contributed by atoms with Crippen molar-refractivity contribution in [3.05, 3.63) is 59.9 Å². The number of carbonyl (C=O) groups excluding carboxylic acids is 1. The summed E-state index contributed by atoms with van der Waals surface area (Å²) in [5.41, 5.74) is 1.96. The Balaban J connectivity index is 1.77. The fraction of sp³-hybridized carbons (Fsp3) is 0.278. The van der Waals surface area contributed by atoms with Gasteiger partial charge in [0.2, 0.25) is 5.91 Å². The maximum Gasteiger partial charge on any atom is 0.225 e. The average Bonchev–Trinajstić information content (AvgIpc) is 2.55. The van der Waals surface area contributed by atoms with Crippen LogP contribution in [0.5, 0.6) is 0 Å². The molecule has 23 heavy (non-hydrogen) atoms. The van der Waals surface area contributed by atoms with E-state index in [2.05, 4.69) is 17.6 Å². The average molecular weight is 332 g/mol. The molecule has 2 aromatic rings. The molecule has 1 amide bonds. The van der Waals surface area contributed by atoms with Crippen LogP contribution in [0, 0.1) is 5.82 Å². The van der Waals surface area contributed by atoms with Crippen molar-refractivity contribution in [3.8, 4) is 0 Å². The predicted molar refractivity (Wildman–Crippen MR) is 94.2 cm³/mol. The Labute approximate surface area is 140 Å². The summed E-state index contributed by atoms with van der Waals surface area (Å²) in [5.74, 6) is 0.402. The molecular weight excluding hydrogens is 311 g/mol. The molecule has 3 nitrogen and oxygen atoms in total. The molecule has 0 atom stereocenters. The van der Waals surface area contributed by atoms with E-state index in [9.17, 15) is 9.18 Å². The third kappa shape index (κ3) is 6.42.